The van der Waals surface area contributed by atoms with Crippen LogP contribution in [0.5, 0.6) is 23.0 Å². The molecule has 10 aromatic carbocycles. The quantitative estimate of drug-likeness (QED) is 0.128. The van der Waals surface area contributed by atoms with Crippen molar-refractivity contribution in [2.24, 2.45) is 0 Å². The molecule has 0 spiro atoms. The molecule has 0 unspecified atom stereocenters. The number of halogens is 1. The number of hydrogen-bond acceptors (Lipinski definition) is 4. The molecule has 0 N–H and O–H groups in total. The first-order chi connectivity index (χ1) is 33.1. The molecule has 5 heteroatoms. The molecule has 0 fully saturated rings. The minimum absolute atomic E-state index is 0.331. The van der Waals surface area contributed by atoms with E-state index in [1.54, 1.807) is 6.07 Å². The highest BCUT2D eigenvalue weighted by atomic mass is 19.1. The molecule has 12 rings (SSSR count). The fraction of sp³-hybridized carbons (Fsp3) is 0.0323. The molecule has 0 bridgehead atoms. The molecule has 67 heavy (non-hydrogen) atoms. The van der Waals surface area contributed by atoms with Gasteiger partial charge >= 0.3 is 0 Å². The standard InChI is InChI=1S/C62H43FN2O2/c1-2-3-4-16-35-64(47-26-25-42-19-14-15-22-44(42)36-47)48-27-29-50-52-31-34-57-61-53(32-33-56(60(52)61)66-58(50)39-48)51-30-28-49(40-59(51)67-57)65(46-23-12-7-13-24-46)62-54(43-20-10-6-11-21-43)37-45(38-55(62)63)41-17-8-5-9-18-41/h2-34,36-40H,35H2,1H3. The SMILES string of the molecule is CC=CC=CCN(c1ccc2c(c1)Oc1ccc3c4c(ccc-2c14)Oc1cc(N(c2ccccc2)c2c(F)cc(-c4ccccc4)cc2-c2ccccc2)ccc1-3)c1ccc2ccccc2c1. The first-order valence-electron chi connectivity index (χ1n) is 22.7. The Morgan fingerprint density at radius 1 is 0.418 bits per heavy atom. The molecule has 0 saturated carbocycles. The number of rotatable bonds is 10. The topological polar surface area (TPSA) is 24.9 Å². The van der Waals surface area contributed by atoms with Gasteiger partial charge in [-0.25, -0.2) is 4.39 Å². The van der Waals surface area contributed by atoms with Crippen LogP contribution in [0.25, 0.3) is 66.1 Å². The third-order valence-corrected chi connectivity index (χ3v) is 12.9. The number of benzene rings is 10. The molecule has 0 atom stereocenters. The number of fused-ring (bicyclic) bond motifs is 5. The summed E-state index contributed by atoms with van der Waals surface area (Å²) in [5.74, 6) is 2.69. The number of nitrogens with zero attached hydrogens (tertiary/aromatic N) is 2. The van der Waals surface area contributed by atoms with Crippen LogP contribution in [0, 0.1) is 5.82 Å². The normalized spacial score (nSPS) is 12.2. The summed E-state index contributed by atoms with van der Waals surface area (Å²) < 4.78 is 30.9. The molecular formula is C62H43FN2O2. The van der Waals surface area contributed by atoms with Crippen molar-refractivity contribution in [3.63, 3.8) is 0 Å². The summed E-state index contributed by atoms with van der Waals surface area (Å²) in [6, 6.07) is 70.0. The second kappa shape index (κ2) is 16.7. The van der Waals surface area contributed by atoms with Crippen LogP contribution in [0.4, 0.5) is 32.8 Å². The highest BCUT2D eigenvalue weighted by molar-refractivity contribution is 6.14. The van der Waals surface area contributed by atoms with Crippen LogP contribution in [0.15, 0.2) is 231 Å². The summed E-state index contributed by atoms with van der Waals surface area (Å²) >= 11 is 0. The summed E-state index contributed by atoms with van der Waals surface area (Å²) in [4.78, 5) is 4.32. The molecule has 0 amide bonds. The molecule has 0 radical (unpaired) electrons. The molecule has 10 aromatic rings. The molecule has 4 nitrogen and oxygen atoms in total. The zero-order valence-corrected chi connectivity index (χ0v) is 36.7. The van der Waals surface area contributed by atoms with Crippen LogP contribution in [0.2, 0.25) is 0 Å². The van der Waals surface area contributed by atoms with Gasteiger partial charge in [0.15, 0.2) is 0 Å². The van der Waals surface area contributed by atoms with Crippen LogP contribution in [-0.2, 0) is 0 Å². The Kier molecular flexibility index (Phi) is 9.95. The van der Waals surface area contributed by atoms with E-state index in [9.17, 15) is 0 Å². The third kappa shape index (κ3) is 7.09. The number of hydrogen-bond donors (Lipinski definition) is 0. The predicted octanol–water partition coefficient (Wildman–Crippen LogP) is 17.8. The lowest BCUT2D eigenvalue weighted by atomic mass is 9.88. The Morgan fingerprint density at radius 2 is 0.970 bits per heavy atom. The molecule has 2 heterocycles. The largest absolute Gasteiger partial charge is 0.456 e. The number of allylic oxidation sites excluding steroid dienone is 3. The lowest BCUT2D eigenvalue weighted by Gasteiger charge is -2.31. The van der Waals surface area contributed by atoms with E-state index >= 15 is 4.39 Å². The smallest absolute Gasteiger partial charge is 0.148 e. The van der Waals surface area contributed by atoms with Gasteiger partial charge in [-0.15, -0.1) is 0 Å². The van der Waals surface area contributed by atoms with E-state index in [0.717, 1.165) is 95.3 Å². The van der Waals surface area contributed by atoms with E-state index in [1.807, 2.05) is 115 Å². The summed E-state index contributed by atoms with van der Waals surface area (Å²) in [6.07, 6.45) is 8.36. The molecule has 320 valence electrons. The zero-order valence-electron chi connectivity index (χ0n) is 36.7. The van der Waals surface area contributed by atoms with E-state index < -0.39 is 0 Å². The van der Waals surface area contributed by atoms with Gasteiger partial charge in [-0.2, -0.15) is 0 Å². The van der Waals surface area contributed by atoms with Gasteiger partial charge in [0.2, 0.25) is 0 Å². The first-order valence-corrected chi connectivity index (χ1v) is 22.7. The fourth-order valence-electron chi connectivity index (χ4n) is 9.74. The minimum atomic E-state index is -0.331. The number of anilines is 5. The van der Waals surface area contributed by atoms with Gasteiger partial charge in [-0.05, 0) is 130 Å². The van der Waals surface area contributed by atoms with Crippen molar-refractivity contribution in [2.45, 2.75) is 6.92 Å². The van der Waals surface area contributed by atoms with Crippen molar-refractivity contribution in [3.05, 3.63) is 236 Å². The van der Waals surface area contributed by atoms with Gasteiger partial charge in [0.1, 0.15) is 28.8 Å². The van der Waals surface area contributed by atoms with E-state index in [2.05, 4.69) is 126 Å². The van der Waals surface area contributed by atoms with Crippen LogP contribution < -0.4 is 19.3 Å². The van der Waals surface area contributed by atoms with Crippen LogP contribution in [0.1, 0.15) is 6.92 Å². The van der Waals surface area contributed by atoms with Gasteiger partial charge in [0, 0.05) is 63.2 Å². The molecule has 2 aliphatic heterocycles. The maximum atomic E-state index is 17.2. The van der Waals surface area contributed by atoms with Gasteiger partial charge in [-0.3, -0.25) is 0 Å². The van der Waals surface area contributed by atoms with Crippen molar-refractivity contribution >= 4 is 50.0 Å². The van der Waals surface area contributed by atoms with E-state index in [4.69, 9.17) is 9.47 Å². The highest BCUT2D eigenvalue weighted by Gasteiger charge is 2.30. The summed E-state index contributed by atoms with van der Waals surface area (Å²) in [6.45, 7) is 2.71. The van der Waals surface area contributed by atoms with Crippen molar-refractivity contribution in [1.29, 1.82) is 0 Å². The second-order valence-electron chi connectivity index (χ2n) is 16.9. The second-order valence-corrected chi connectivity index (χ2v) is 16.9. The van der Waals surface area contributed by atoms with Crippen molar-refractivity contribution in [1.82, 2.24) is 0 Å². The zero-order chi connectivity index (χ0) is 44.8. The summed E-state index contributed by atoms with van der Waals surface area (Å²) in [7, 11) is 0. The Bertz CT molecular complexity index is 3590. The third-order valence-electron chi connectivity index (χ3n) is 12.9. The average molecular weight is 867 g/mol. The van der Waals surface area contributed by atoms with Gasteiger partial charge in [0.05, 0.1) is 11.4 Å². The summed E-state index contributed by atoms with van der Waals surface area (Å²) in [5.41, 5.74) is 11.8. The number of ether oxygens (including phenoxy) is 2. The molecular weight excluding hydrogens is 824 g/mol. The molecule has 0 aromatic heterocycles. The fourth-order valence-corrected chi connectivity index (χ4v) is 9.74. The van der Waals surface area contributed by atoms with Crippen LogP contribution >= 0.6 is 0 Å². The highest BCUT2D eigenvalue weighted by Crippen LogP contribution is 2.56. The average Bonchev–Trinajstić information content (AvgIpc) is 3.38. The Morgan fingerprint density at radius 3 is 1.64 bits per heavy atom. The monoisotopic (exact) mass is 866 g/mol. The van der Waals surface area contributed by atoms with Crippen molar-refractivity contribution in [2.75, 3.05) is 16.3 Å². The Labute approximate surface area is 389 Å². The molecule has 0 aliphatic carbocycles. The van der Waals surface area contributed by atoms with E-state index in [0.29, 0.717) is 18.0 Å². The van der Waals surface area contributed by atoms with Gasteiger partial charge in [0.25, 0.3) is 0 Å². The van der Waals surface area contributed by atoms with E-state index in [1.165, 1.54) is 10.8 Å². The Balaban J connectivity index is 0.945. The maximum absolute atomic E-state index is 17.2. The van der Waals surface area contributed by atoms with Crippen LogP contribution in [-0.4, -0.2) is 6.54 Å². The first kappa shape index (κ1) is 39.9. The lowest BCUT2D eigenvalue weighted by Crippen LogP contribution is -2.17. The molecule has 0 saturated heterocycles. The minimum Gasteiger partial charge on any atom is -0.456 e. The Hall–Kier alpha value is -8.67. The van der Waals surface area contributed by atoms with E-state index in [-0.39, 0.29) is 5.82 Å². The van der Waals surface area contributed by atoms with Crippen molar-refractivity contribution < 1.29 is 13.9 Å². The van der Waals surface area contributed by atoms with Crippen LogP contribution in [0.3, 0.4) is 0 Å². The summed E-state index contributed by atoms with van der Waals surface area (Å²) in [5, 5.41) is 4.43. The van der Waals surface area contributed by atoms with Gasteiger partial charge in [-0.1, -0.05) is 133 Å². The van der Waals surface area contributed by atoms with Crippen molar-refractivity contribution in [3.8, 4) is 67.5 Å². The predicted molar refractivity (Wildman–Crippen MR) is 275 cm³/mol. The molecule has 2 aliphatic rings. The lowest BCUT2D eigenvalue weighted by molar-refractivity contribution is 0.480. The number of para-hydroxylation sites is 1. The maximum Gasteiger partial charge on any atom is 0.148 e. The van der Waals surface area contributed by atoms with Gasteiger partial charge < -0.3 is 19.3 Å².